The predicted molar refractivity (Wildman–Crippen MR) is 66.0 cm³/mol. The van der Waals surface area contributed by atoms with E-state index in [0.29, 0.717) is 12.1 Å². The molecule has 1 nitrogen and oxygen atoms in total. The first kappa shape index (κ1) is 10.7. The van der Waals surface area contributed by atoms with Gasteiger partial charge in [-0.05, 0) is 43.2 Å². The van der Waals surface area contributed by atoms with Crippen molar-refractivity contribution in [1.29, 1.82) is 0 Å². The summed E-state index contributed by atoms with van der Waals surface area (Å²) in [6, 6.07) is 3.22. The summed E-state index contributed by atoms with van der Waals surface area (Å²) >= 11 is 1.89. The Morgan fingerprint density at radius 3 is 3.40 bits per heavy atom. The molecule has 1 heterocycles. The van der Waals surface area contributed by atoms with Gasteiger partial charge in [0.15, 0.2) is 0 Å². The summed E-state index contributed by atoms with van der Waals surface area (Å²) < 4.78 is 0. The van der Waals surface area contributed by atoms with Crippen molar-refractivity contribution in [2.75, 3.05) is 0 Å². The van der Waals surface area contributed by atoms with Crippen LogP contribution in [0.15, 0.2) is 11.4 Å². The SMILES string of the molecule is C#CCC(C)NC1CCCc2sccc21. The topological polar surface area (TPSA) is 12.0 Å². The molecule has 0 saturated carbocycles. The van der Waals surface area contributed by atoms with E-state index in [1.165, 1.54) is 24.8 Å². The molecule has 1 aliphatic carbocycles. The quantitative estimate of drug-likeness (QED) is 0.770. The molecule has 1 aromatic heterocycles. The summed E-state index contributed by atoms with van der Waals surface area (Å²) in [6.45, 7) is 2.17. The molecule has 0 saturated heterocycles. The Morgan fingerprint density at radius 2 is 2.60 bits per heavy atom. The molecule has 2 rings (SSSR count). The summed E-state index contributed by atoms with van der Waals surface area (Å²) in [5.41, 5.74) is 1.51. The van der Waals surface area contributed by atoms with Gasteiger partial charge in [-0.15, -0.1) is 23.7 Å². The van der Waals surface area contributed by atoms with Crippen LogP contribution in [-0.4, -0.2) is 6.04 Å². The first-order chi connectivity index (χ1) is 7.31. The predicted octanol–water partition coefficient (Wildman–Crippen LogP) is 3.13. The average Bonchev–Trinajstić information content (AvgIpc) is 2.67. The van der Waals surface area contributed by atoms with Crippen LogP contribution in [0.4, 0.5) is 0 Å². The lowest BCUT2D eigenvalue weighted by molar-refractivity contribution is 0.415. The standard InChI is InChI=1S/C13H17NS/c1-3-5-10(2)14-12-6-4-7-13-11(12)8-9-15-13/h1,8-10,12,14H,4-7H2,2H3. The van der Waals surface area contributed by atoms with Gasteiger partial charge in [0.1, 0.15) is 0 Å². The van der Waals surface area contributed by atoms with E-state index in [1.54, 1.807) is 4.88 Å². The molecular weight excluding hydrogens is 202 g/mol. The molecule has 0 spiro atoms. The Hall–Kier alpha value is -0.780. The van der Waals surface area contributed by atoms with Gasteiger partial charge >= 0.3 is 0 Å². The number of terminal acetylenes is 1. The van der Waals surface area contributed by atoms with Crippen molar-refractivity contribution in [1.82, 2.24) is 5.32 Å². The van der Waals surface area contributed by atoms with Gasteiger partial charge in [0.25, 0.3) is 0 Å². The number of thiophene rings is 1. The largest absolute Gasteiger partial charge is 0.306 e. The lowest BCUT2D eigenvalue weighted by Crippen LogP contribution is -2.31. The molecule has 2 atom stereocenters. The Labute approximate surface area is 95.9 Å². The van der Waals surface area contributed by atoms with Crippen molar-refractivity contribution < 1.29 is 0 Å². The van der Waals surface area contributed by atoms with Crippen molar-refractivity contribution in [2.24, 2.45) is 0 Å². The number of nitrogens with one attached hydrogen (secondary N) is 1. The molecule has 0 radical (unpaired) electrons. The van der Waals surface area contributed by atoms with Crippen LogP contribution >= 0.6 is 11.3 Å². The van der Waals surface area contributed by atoms with Gasteiger partial charge in [-0.2, -0.15) is 0 Å². The normalized spacial score (nSPS) is 21.7. The van der Waals surface area contributed by atoms with Crippen molar-refractivity contribution >= 4 is 11.3 Å². The van der Waals surface area contributed by atoms with Crippen molar-refractivity contribution in [3.05, 3.63) is 21.9 Å². The zero-order valence-corrected chi connectivity index (χ0v) is 9.94. The van der Waals surface area contributed by atoms with Crippen molar-refractivity contribution in [3.8, 4) is 12.3 Å². The van der Waals surface area contributed by atoms with E-state index >= 15 is 0 Å². The number of rotatable bonds is 3. The van der Waals surface area contributed by atoms with Crippen molar-refractivity contribution in [2.45, 2.75) is 44.7 Å². The maximum atomic E-state index is 5.32. The fourth-order valence-corrected chi connectivity index (χ4v) is 3.23. The Morgan fingerprint density at radius 1 is 1.73 bits per heavy atom. The molecule has 0 aromatic carbocycles. The summed E-state index contributed by atoms with van der Waals surface area (Å²) in [4.78, 5) is 1.56. The second-order valence-electron chi connectivity index (χ2n) is 4.22. The van der Waals surface area contributed by atoms with E-state index in [-0.39, 0.29) is 0 Å². The van der Waals surface area contributed by atoms with E-state index in [4.69, 9.17) is 6.42 Å². The maximum absolute atomic E-state index is 5.32. The van der Waals surface area contributed by atoms with Crippen molar-refractivity contribution in [3.63, 3.8) is 0 Å². The molecule has 0 fully saturated rings. The van der Waals surface area contributed by atoms with Crippen LogP contribution in [0.25, 0.3) is 0 Å². The molecule has 2 unspecified atom stereocenters. The van der Waals surface area contributed by atoms with E-state index in [9.17, 15) is 0 Å². The number of fused-ring (bicyclic) bond motifs is 1. The fraction of sp³-hybridized carbons (Fsp3) is 0.538. The van der Waals surface area contributed by atoms with Gasteiger partial charge in [0, 0.05) is 23.4 Å². The highest BCUT2D eigenvalue weighted by Gasteiger charge is 2.21. The molecule has 80 valence electrons. The van der Waals surface area contributed by atoms with Gasteiger partial charge in [-0.1, -0.05) is 0 Å². The monoisotopic (exact) mass is 219 g/mol. The van der Waals surface area contributed by atoms with Gasteiger partial charge < -0.3 is 5.32 Å². The van der Waals surface area contributed by atoms with Crippen LogP contribution in [0.5, 0.6) is 0 Å². The first-order valence-electron chi connectivity index (χ1n) is 5.57. The number of hydrogen-bond donors (Lipinski definition) is 1. The Kier molecular flexibility index (Phi) is 3.45. The minimum Gasteiger partial charge on any atom is -0.306 e. The average molecular weight is 219 g/mol. The molecule has 1 N–H and O–H groups in total. The number of aryl methyl sites for hydroxylation is 1. The molecule has 0 amide bonds. The van der Waals surface area contributed by atoms with Crippen LogP contribution in [0.1, 0.15) is 42.7 Å². The molecule has 1 aromatic rings. The molecule has 15 heavy (non-hydrogen) atoms. The third-order valence-electron chi connectivity index (χ3n) is 2.96. The minimum absolute atomic E-state index is 0.422. The maximum Gasteiger partial charge on any atom is 0.0334 e. The smallest absolute Gasteiger partial charge is 0.0334 e. The van der Waals surface area contributed by atoms with Crippen LogP contribution in [0.2, 0.25) is 0 Å². The number of hydrogen-bond acceptors (Lipinski definition) is 2. The van der Waals surface area contributed by atoms with Crippen LogP contribution in [0, 0.1) is 12.3 Å². The minimum atomic E-state index is 0.422. The molecule has 0 aliphatic heterocycles. The Bertz CT molecular complexity index is 361. The van der Waals surface area contributed by atoms with Gasteiger partial charge in [-0.25, -0.2) is 0 Å². The molecule has 0 bridgehead atoms. The Balaban J connectivity index is 2.04. The highest BCUT2D eigenvalue weighted by Crippen LogP contribution is 2.33. The van der Waals surface area contributed by atoms with Gasteiger partial charge in [0.05, 0.1) is 0 Å². The highest BCUT2D eigenvalue weighted by atomic mass is 32.1. The van der Waals surface area contributed by atoms with Gasteiger partial charge in [0.2, 0.25) is 0 Å². The van der Waals surface area contributed by atoms with E-state index < -0.39 is 0 Å². The third kappa shape index (κ3) is 2.42. The zero-order valence-electron chi connectivity index (χ0n) is 9.12. The third-order valence-corrected chi connectivity index (χ3v) is 3.96. The summed E-state index contributed by atoms with van der Waals surface area (Å²) in [5, 5.41) is 5.83. The van der Waals surface area contributed by atoms with E-state index in [1.807, 2.05) is 11.3 Å². The molecule has 1 aliphatic rings. The van der Waals surface area contributed by atoms with E-state index in [0.717, 1.165) is 6.42 Å². The lowest BCUT2D eigenvalue weighted by atomic mass is 9.93. The second-order valence-corrected chi connectivity index (χ2v) is 5.22. The first-order valence-corrected chi connectivity index (χ1v) is 6.45. The van der Waals surface area contributed by atoms with Gasteiger partial charge in [-0.3, -0.25) is 0 Å². The summed E-state index contributed by atoms with van der Waals surface area (Å²) in [5.74, 6) is 2.71. The lowest BCUT2D eigenvalue weighted by Gasteiger charge is -2.26. The molecule has 2 heteroatoms. The van der Waals surface area contributed by atoms with E-state index in [2.05, 4.69) is 29.6 Å². The highest BCUT2D eigenvalue weighted by molar-refractivity contribution is 7.10. The van der Waals surface area contributed by atoms with Crippen LogP contribution < -0.4 is 5.32 Å². The summed E-state index contributed by atoms with van der Waals surface area (Å²) in [6.07, 6.45) is 9.94. The second kappa shape index (κ2) is 4.83. The summed E-state index contributed by atoms with van der Waals surface area (Å²) in [7, 11) is 0. The fourth-order valence-electron chi connectivity index (χ4n) is 2.24. The van der Waals surface area contributed by atoms with Crippen LogP contribution in [-0.2, 0) is 6.42 Å². The van der Waals surface area contributed by atoms with Crippen LogP contribution in [0.3, 0.4) is 0 Å². The zero-order chi connectivity index (χ0) is 10.7. The molecular formula is C13H17NS.